The summed E-state index contributed by atoms with van der Waals surface area (Å²) in [4.78, 5) is 26.4. The van der Waals surface area contributed by atoms with E-state index in [1.807, 2.05) is 36.1 Å². The minimum Gasteiger partial charge on any atom is -0.497 e. The molecular formula is C18H23NO4. The van der Waals surface area contributed by atoms with Gasteiger partial charge in [-0.25, -0.2) is 0 Å². The van der Waals surface area contributed by atoms with E-state index in [9.17, 15) is 9.59 Å². The first-order chi connectivity index (χ1) is 11.1. The van der Waals surface area contributed by atoms with Crippen molar-refractivity contribution in [1.82, 2.24) is 4.90 Å². The van der Waals surface area contributed by atoms with Gasteiger partial charge in [-0.1, -0.05) is 19.1 Å². The molecule has 5 heteroatoms. The lowest BCUT2D eigenvalue weighted by Gasteiger charge is -2.29. The van der Waals surface area contributed by atoms with Crippen molar-refractivity contribution in [2.75, 3.05) is 13.7 Å². The Labute approximate surface area is 136 Å². The zero-order valence-electron chi connectivity index (χ0n) is 13.8. The van der Waals surface area contributed by atoms with Gasteiger partial charge in [0.2, 0.25) is 5.91 Å². The van der Waals surface area contributed by atoms with Gasteiger partial charge in [-0.2, -0.15) is 0 Å². The zero-order valence-corrected chi connectivity index (χ0v) is 13.8. The molecule has 0 bridgehead atoms. The molecule has 0 radical (unpaired) electrons. The fourth-order valence-corrected chi connectivity index (χ4v) is 3.76. The lowest BCUT2D eigenvalue weighted by Crippen LogP contribution is -2.39. The number of methoxy groups -OCH3 is 1. The zero-order chi connectivity index (χ0) is 16.6. The summed E-state index contributed by atoms with van der Waals surface area (Å²) in [5.41, 5.74) is 1.04. The van der Waals surface area contributed by atoms with Crippen molar-refractivity contribution in [3.63, 3.8) is 0 Å². The number of carbonyl (C=O) groups excluding carboxylic acids is 2. The third-order valence-corrected chi connectivity index (χ3v) is 4.94. The average Bonchev–Trinajstić information content (AvgIpc) is 3.28. The number of hydrogen-bond acceptors (Lipinski definition) is 4. The highest BCUT2D eigenvalue weighted by atomic mass is 16.5. The highest BCUT2D eigenvalue weighted by Crippen LogP contribution is 2.53. The third kappa shape index (κ3) is 2.92. The van der Waals surface area contributed by atoms with Crippen LogP contribution in [0, 0.1) is 17.8 Å². The number of rotatable bonds is 5. The number of benzene rings is 1. The molecule has 5 nitrogen and oxygen atoms in total. The van der Waals surface area contributed by atoms with Gasteiger partial charge in [0, 0.05) is 19.0 Å². The van der Waals surface area contributed by atoms with Gasteiger partial charge in [0.05, 0.1) is 19.6 Å². The van der Waals surface area contributed by atoms with Crippen LogP contribution in [0.1, 0.15) is 25.8 Å². The molecule has 23 heavy (non-hydrogen) atoms. The first-order valence-electron chi connectivity index (χ1n) is 8.15. The number of piperidine rings is 1. The van der Waals surface area contributed by atoms with E-state index < -0.39 is 0 Å². The molecule has 4 atom stereocenters. The van der Waals surface area contributed by atoms with Crippen LogP contribution in [-0.2, 0) is 20.9 Å². The first kappa shape index (κ1) is 15.8. The number of esters is 1. The number of fused-ring (bicyclic) bond motifs is 1. The van der Waals surface area contributed by atoms with E-state index in [1.165, 1.54) is 0 Å². The molecule has 3 rings (SSSR count). The van der Waals surface area contributed by atoms with Crippen LogP contribution in [0.2, 0.25) is 0 Å². The Morgan fingerprint density at radius 1 is 1.30 bits per heavy atom. The summed E-state index contributed by atoms with van der Waals surface area (Å²) < 4.78 is 10.3. The Hall–Kier alpha value is -2.04. The molecule has 1 aliphatic heterocycles. The molecule has 0 unspecified atom stereocenters. The molecular weight excluding hydrogens is 294 g/mol. The van der Waals surface area contributed by atoms with Crippen LogP contribution in [0.5, 0.6) is 5.75 Å². The predicted molar refractivity (Wildman–Crippen MR) is 84.7 cm³/mol. The molecule has 1 aliphatic carbocycles. The Morgan fingerprint density at radius 3 is 2.61 bits per heavy atom. The van der Waals surface area contributed by atoms with Crippen molar-refractivity contribution < 1.29 is 19.1 Å². The van der Waals surface area contributed by atoms with E-state index in [-0.39, 0.29) is 35.7 Å². The second-order valence-corrected chi connectivity index (χ2v) is 6.40. The molecule has 1 heterocycles. The lowest BCUT2D eigenvalue weighted by atomic mass is 9.96. The van der Waals surface area contributed by atoms with Gasteiger partial charge < -0.3 is 14.4 Å². The molecule has 1 aromatic carbocycles. The van der Waals surface area contributed by atoms with Crippen molar-refractivity contribution in [1.29, 1.82) is 0 Å². The van der Waals surface area contributed by atoms with E-state index in [2.05, 4.69) is 6.92 Å². The van der Waals surface area contributed by atoms with Crippen molar-refractivity contribution >= 4 is 11.9 Å². The van der Waals surface area contributed by atoms with Crippen molar-refractivity contribution in [2.45, 2.75) is 32.9 Å². The maximum atomic E-state index is 12.4. The van der Waals surface area contributed by atoms with E-state index in [1.54, 1.807) is 7.11 Å². The summed E-state index contributed by atoms with van der Waals surface area (Å²) in [6.45, 7) is 4.79. The maximum absolute atomic E-state index is 12.4. The van der Waals surface area contributed by atoms with E-state index in [0.29, 0.717) is 19.6 Å². The Bertz CT molecular complexity index is 598. The van der Waals surface area contributed by atoms with Gasteiger partial charge in [0.15, 0.2) is 0 Å². The van der Waals surface area contributed by atoms with Crippen LogP contribution >= 0.6 is 0 Å². The molecule has 1 saturated heterocycles. The smallest absolute Gasteiger partial charge is 0.311 e. The van der Waals surface area contributed by atoms with Crippen LogP contribution in [0.15, 0.2) is 24.3 Å². The van der Waals surface area contributed by atoms with E-state index in [0.717, 1.165) is 11.3 Å². The quantitative estimate of drug-likeness (QED) is 0.782. The Kier molecular flexibility index (Phi) is 4.28. The number of nitrogens with zero attached hydrogens (tertiary/aromatic N) is 1. The summed E-state index contributed by atoms with van der Waals surface area (Å²) in [6, 6.07) is 7.69. The monoisotopic (exact) mass is 317 g/mol. The molecule has 1 amide bonds. The van der Waals surface area contributed by atoms with Crippen LogP contribution < -0.4 is 4.74 Å². The average molecular weight is 317 g/mol. The van der Waals surface area contributed by atoms with Crippen molar-refractivity contribution in [2.24, 2.45) is 17.8 Å². The molecule has 0 spiro atoms. The SMILES string of the molecule is CCOC(=O)[C@H]1[C@H]2[C@@H]1N(Cc1ccc(OC)cc1)C(=O)C[C@H]2C. The van der Waals surface area contributed by atoms with Crippen LogP contribution in [-0.4, -0.2) is 36.5 Å². The molecule has 2 fully saturated rings. The van der Waals surface area contributed by atoms with E-state index in [4.69, 9.17) is 9.47 Å². The molecule has 1 saturated carbocycles. The standard InChI is InChI=1S/C18H23NO4/c1-4-23-18(21)16-15-11(2)9-14(20)19(17(15)16)10-12-5-7-13(22-3)8-6-12/h5-8,11,15-17H,4,9-10H2,1-3H3/t11-,15+,16+,17+/m1/s1. The predicted octanol–water partition coefficient (Wildman–Crippen LogP) is 2.24. The van der Waals surface area contributed by atoms with E-state index >= 15 is 0 Å². The van der Waals surface area contributed by atoms with Gasteiger partial charge in [0.1, 0.15) is 5.75 Å². The summed E-state index contributed by atoms with van der Waals surface area (Å²) in [5.74, 6) is 1.08. The summed E-state index contributed by atoms with van der Waals surface area (Å²) in [5, 5.41) is 0. The highest BCUT2D eigenvalue weighted by Gasteiger charge is 2.64. The number of likely N-dealkylation sites (tertiary alicyclic amines) is 1. The second kappa shape index (κ2) is 6.22. The van der Waals surface area contributed by atoms with Gasteiger partial charge in [-0.15, -0.1) is 0 Å². The second-order valence-electron chi connectivity index (χ2n) is 6.40. The fourth-order valence-electron chi connectivity index (χ4n) is 3.76. The Balaban J connectivity index is 1.75. The largest absolute Gasteiger partial charge is 0.497 e. The highest BCUT2D eigenvalue weighted by molar-refractivity contribution is 5.84. The van der Waals surface area contributed by atoms with Gasteiger partial charge >= 0.3 is 5.97 Å². The minimum absolute atomic E-state index is 0.00704. The number of hydrogen-bond donors (Lipinski definition) is 0. The summed E-state index contributed by atoms with van der Waals surface area (Å²) in [7, 11) is 1.63. The van der Waals surface area contributed by atoms with Gasteiger partial charge in [-0.3, -0.25) is 9.59 Å². The van der Waals surface area contributed by atoms with Crippen LogP contribution in [0.25, 0.3) is 0 Å². The van der Waals surface area contributed by atoms with Crippen molar-refractivity contribution in [3.8, 4) is 5.75 Å². The summed E-state index contributed by atoms with van der Waals surface area (Å²) in [6.07, 6.45) is 0.507. The fraction of sp³-hybridized carbons (Fsp3) is 0.556. The van der Waals surface area contributed by atoms with Crippen LogP contribution in [0.4, 0.5) is 0 Å². The minimum atomic E-state index is -0.163. The van der Waals surface area contributed by atoms with Gasteiger partial charge in [0.25, 0.3) is 0 Å². The molecule has 0 N–H and O–H groups in total. The maximum Gasteiger partial charge on any atom is 0.311 e. The number of ether oxygens (including phenoxy) is 2. The lowest BCUT2D eigenvalue weighted by molar-refractivity contribution is -0.145. The van der Waals surface area contributed by atoms with Crippen molar-refractivity contribution in [3.05, 3.63) is 29.8 Å². The molecule has 1 aromatic rings. The third-order valence-electron chi connectivity index (χ3n) is 4.94. The summed E-state index contributed by atoms with van der Waals surface area (Å²) >= 11 is 0. The molecule has 124 valence electrons. The normalized spacial score (nSPS) is 29.0. The van der Waals surface area contributed by atoms with Gasteiger partial charge in [-0.05, 0) is 36.5 Å². The topological polar surface area (TPSA) is 55.8 Å². The van der Waals surface area contributed by atoms with Crippen LogP contribution in [0.3, 0.4) is 0 Å². The molecule has 0 aromatic heterocycles. The molecule has 2 aliphatic rings. The number of carbonyl (C=O) groups is 2. The first-order valence-corrected chi connectivity index (χ1v) is 8.15. The Morgan fingerprint density at radius 2 is 2.00 bits per heavy atom. The number of amides is 1.